The van der Waals surface area contributed by atoms with Gasteiger partial charge in [0.15, 0.2) is 15.7 Å². The van der Waals surface area contributed by atoms with E-state index in [1.807, 2.05) is 25.7 Å². The van der Waals surface area contributed by atoms with E-state index in [1.54, 1.807) is 0 Å². The minimum Gasteiger partial charge on any atom is -0.355 e. The predicted molar refractivity (Wildman–Crippen MR) is 135 cm³/mol. The number of ketones is 1. The smallest absolute Gasteiger partial charge is 0.355 e. The third kappa shape index (κ3) is 8.02. The van der Waals surface area contributed by atoms with E-state index < -0.39 is 27.5 Å². The fraction of sp³-hybridized carbons (Fsp3) is 0.500. The number of Topliss-reactive ketones (excluding diaryl/α,β-unsaturated/α-hetero) is 1. The summed E-state index contributed by atoms with van der Waals surface area (Å²) in [5, 5.41) is 2.56. The number of pyridine rings is 1. The Morgan fingerprint density at radius 1 is 1.11 bits per heavy atom. The van der Waals surface area contributed by atoms with Crippen molar-refractivity contribution in [1.82, 2.24) is 4.98 Å². The van der Waals surface area contributed by atoms with Crippen molar-refractivity contribution in [2.45, 2.75) is 57.5 Å². The molecule has 1 aromatic carbocycles. The van der Waals surface area contributed by atoms with Crippen LogP contribution in [0.1, 0.15) is 62.4 Å². The van der Waals surface area contributed by atoms with Crippen LogP contribution in [-0.4, -0.2) is 44.4 Å². The number of carbonyl (C=O) groups is 2. The maximum Gasteiger partial charge on any atom is 0.416 e. The lowest BCUT2D eigenvalue weighted by atomic mass is 9.84. The number of rotatable bonds is 7. The molecule has 0 radical (unpaired) electrons. The standard InChI is InChI=1S/C26H32F3N3O4S/c1-25(2,3)15-20(33)12-17-8-10-32(11-9-17)23-22(14-21(16-30-23)37(4,35)36)31-24(34)18-6-5-7-19(13-18)26(27,28)29/h5-7,13-14,16-17H,8-12,15H2,1-4H3,(H,31,34). The number of anilines is 2. The number of hydrogen-bond acceptors (Lipinski definition) is 6. The summed E-state index contributed by atoms with van der Waals surface area (Å²) in [5.74, 6) is -0.0604. The average molecular weight is 540 g/mol. The number of benzene rings is 1. The van der Waals surface area contributed by atoms with Crippen molar-refractivity contribution in [2.75, 3.05) is 29.6 Å². The van der Waals surface area contributed by atoms with Gasteiger partial charge < -0.3 is 10.2 Å². The quantitative estimate of drug-likeness (QED) is 0.508. The number of hydrogen-bond donors (Lipinski definition) is 1. The van der Waals surface area contributed by atoms with E-state index in [0.717, 1.165) is 24.5 Å². The lowest BCUT2D eigenvalue weighted by Gasteiger charge is -2.34. The summed E-state index contributed by atoms with van der Waals surface area (Å²) in [4.78, 5) is 31.3. The Kier molecular flexibility index (Phi) is 8.36. The topological polar surface area (TPSA) is 96.4 Å². The molecule has 1 saturated heterocycles. The van der Waals surface area contributed by atoms with Crippen molar-refractivity contribution in [1.29, 1.82) is 0 Å². The van der Waals surface area contributed by atoms with Crippen LogP contribution in [0.5, 0.6) is 0 Å². The van der Waals surface area contributed by atoms with Gasteiger partial charge in [0.25, 0.3) is 5.91 Å². The first-order valence-corrected chi connectivity index (χ1v) is 13.9. The van der Waals surface area contributed by atoms with Crippen molar-refractivity contribution < 1.29 is 31.2 Å². The lowest BCUT2D eigenvalue weighted by Crippen LogP contribution is -2.36. The van der Waals surface area contributed by atoms with Gasteiger partial charge in [0.05, 0.1) is 16.1 Å². The van der Waals surface area contributed by atoms with Gasteiger partial charge in [-0.25, -0.2) is 13.4 Å². The number of piperidine rings is 1. The summed E-state index contributed by atoms with van der Waals surface area (Å²) in [6, 6.07) is 5.25. The highest BCUT2D eigenvalue weighted by Crippen LogP contribution is 2.33. The van der Waals surface area contributed by atoms with Gasteiger partial charge in [-0.3, -0.25) is 9.59 Å². The minimum absolute atomic E-state index is 0.0736. The molecule has 0 atom stereocenters. The number of aromatic nitrogens is 1. The van der Waals surface area contributed by atoms with E-state index in [4.69, 9.17) is 0 Å². The molecule has 0 unspecified atom stereocenters. The van der Waals surface area contributed by atoms with E-state index in [-0.39, 0.29) is 33.3 Å². The summed E-state index contributed by atoms with van der Waals surface area (Å²) in [6.07, 6.45) is 0.0144. The molecule has 2 aromatic rings. The van der Waals surface area contributed by atoms with Gasteiger partial charge in [-0.1, -0.05) is 26.8 Å². The number of nitrogens with one attached hydrogen (secondary N) is 1. The first-order chi connectivity index (χ1) is 17.0. The molecule has 0 spiro atoms. The second-order valence-electron chi connectivity index (χ2n) is 10.8. The summed E-state index contributed by atoms with van der Waals surface area (Å²) in [6.45, 7) is 7.13. The van der Waals surface area contributed by atoms with Crippen LogP contribution in [0.15, 0.2) is 41.4 Å². The zero-order valence-corrected chi connectivity index (χ0v) is 22.2. The van der Waals surface area contributed by atoms with Gasteiger partial charge in [-0.15, -0.1) is 0 Å². The van der Waals surface area contributed by atoms with Crippen LogP contribution < -0.4 is 10.2 Å². The number of nitrogens with zero attached hydrogens (tertiary/aromatic N) is 2. The van der Waals surface area contributed by atoms with Crippen LogP contribution in [0.2, 0.25) is 0 Å². The monoisotopic (exact) mass is 539 g/mol. The third-order valence-corrected chi connectivity index (χ3v) is 7.21. The lowest BCUT2D eigenvalue weighted by molar-refractivity contribution is -0.137. The fourth-order valence-electron chi connectivity index (χ4n) is 4.35. The molecule has 1 amide bonds. The zero-order chi connectivity index (χ0) is 27.6. The van der Waals surface area contributed by atoms with Gasteiger partial charge in [-0.2, -0.15) is 13.2 Å². The Bertz CT molecular complexity index is 1260. The molecule has 37 heavy (non-hydrogen) atoms. The molecular formula is C26H32F3N3O4S. The highest BCUT2D eigenvalue weighted by Gasteiger charge is 2.31. The number of sulfone groups is 1. The van der Waals surface area contributed by atoms with Crippen LogP contribution in [0, 0.1) is 11.3 Å². The maximum atomic E-state index is 13.1. The molecule has 0 aliphatic carbocycles. The summed E-state index contributed by atoms with van der Waals surface area (Å²) >= 11 is 0. The maximum absolute atomic E-state index is 13.1. The minimum atomic E-state index is -4.61. The van der Waals surface area contributed by atoms with E-state index in [9.17, 15) is 31.2 Å². The van der Waals surface area contributed by atoms with Crippen LogP contribution in [0.4, 0.5) is 24.7 Å². The second kappa shape index (κ2) is 10.8. The zero-order valence-electron chi connectivity index (χ0n) is 21.4. The van der Waals surface area contributed by atoms with Crippen LogP contribution >= 0.6 is 0 Å². The van der Waals surface area contributed by atoms with E-state index in [1.165, 1.54) is 18.3 Å². The molecular weight excluding hydrogens is 507 g/mol. The molecule has 1 aliphatic heterocycles. The first kappa shape index (κ1) is 28.6. The SMILES string of the molecule is CC(C)(C)CC(=O)CC1CCN(c2ncc(S(C)(=O)=O)cc2NC(=O)c2cccc(C(F)(F)F)c2)CC1. The van der Waals surface area contributed by atoms with Gasteiger partial charge >= 0.3 is 6.18 Å². The highest BCUT2D eigenvalue weighted by molar-refractivity contribution is 7.90. The molecule has 0 bridgehead atoms. The van der Waals surface area contributed by atoms with Crippen LogP contribution in [-0.2, 0) is 20.8 Å². The van der Waals surface area contributed by atoms with E-state index in [0.29, 0.717) is 44.6 Å². The second-order valence-corrected chi connectivity index (χ2v) is 12.8. The molecule has 202 valence electrons. The van der Waals surface area contributed by atoms with Gasteiger partial charge in [0.1, 0.15) is 5.78 Å². The molecule has 11 heteroatoms. The molecule has 1 fully saturated rings. The van der Waals surface area contributed by atoms with Gasteiger partial charge in [0.2, 0.25) is 0 Å². The number of amides is 1. The highest BCUT2D eigenvalue weighted by atomic mass is 32.2. The molecule has 3 rings (SSSR count). The summed E-state index contributed by atoms with van der Waals surface area (Å²) in [7, 11) is -3.66. The van der Waals surface area contributed by atoms with Gasteiger partial charge in [-0.05, 0) is 48.4 Å². The number of alkyl halides is 3. The molecule has 1 aromatic heterocycles. The average Bonchev–Trinajstić information content (AvgIpc) is 2.77. The predicted octanol–water partition coefficient (Wildman–Crippen LogP) is 5.37. The normalized spacial score (nSPS) is 15.5. The molecule has 0 saturated carbocycles. The Morgan fingerprint density at radius 2 is 1.76 bits per heavy atom. The Balaban J connectivity index is 1.81. The summed E-state index contributed by atoms with van der Waals surface area (Å²) < 4.78 is 63.5. The number of halogens is 3. The molecule has 7 nitrogen and oxygen atoms in total. The van der Waals surface area contributed by atoms with E-state index in [2.05, 4.69) is 10.3 Å². The van der Waals surface area contributed by atoms with E-state index >= 15 is 0 Å². The van der Waals surface area contributed by atoms with Crippen LogP contribution in [0.3, 0.4) is 0 Å². The van der Waals surface area contributed by atoms with Crippen molar-refractivity contribution in [3.63, 3.8) is 0 Å². The Morgan fingerprint density at radius 3 is 2.32 bits per heavy atom. The largest absolute Gasteiger partial charge is 0.416 e. The van der Waals surface area contributed by atoms with Crippen molar-refractivity contribution in [2.24, 2.45) is 11.3 Å². The molecule has 1 aliphatic rings. The van der Waals surface area contributed by atoms with Crippen molar-refractivity contribution in [3.8, 4) is 0 Å². The third-order valence-electron chi connectivity index (χ3n) is 6.13. The van der Waals surface area contributed by atoms with Crippen molar-refractivity contribution >= 4 is 33.0 Å². The molecule has 1 N–H and O–H groups in total. The van der Waals surface area contributed by atoms with Crippen LogP contribution in [0.25, 0.3) is 0 Å². The van der Waals surface area contributed by atoms with Crippen molar-refractivity contribution in [3.05, 3.63) is 47.7 Å². The first-order valence-electron chi connectivity index (χ1n) is 12.0. The fourth-order valence-corrected chi connectivity index (χ4v) is 4.93. The summed E-state index contributed by atoms with van der Waals surface area (Å²) in [5.41, 5.74) is -1.17. The van der Waals surface area contributed by atoms with Gasteiger partial charge in [0, 0.05) is 43.9 Å². The Hall–Kier alpha value is -2.95. The Labute approximate surface area is 215 Å². The number of carbonyl (C=O) groups excluding carboxylic acids is 2. The molecule has 2 heterocycles.